The molecular weight excluding hydrogens is 367 g/mol. The van der Waals surface area contributed by atoms with Gasteiger partial charge >= 0.3 is 0 Å². The monoisotopic (exact) mass is 398 g/mol. The zero-order valence-electron chi connectivity index (χ0n) is 15.2. The predicted molar refractivity (Wildman–Crippen MR) is 102 cm³/mol. The van der Waals surface area contributed by atoms with Crippen molar-refractivity contribution in [1.82, 2.24) is 14.7 Å². The first-order valence-electron chi connectivity index (χ1n) is 8.73. The van der Waals surface area contributed by atoms with Crippen LogP contribution in [-0.2, 0) is 14.3 Å². The summed E-state index contributed by atoms with van der Waals surface area (Å²) in [6.07, 6.45) is 1.28. The van der Waals surface area contributed by atoms with Gasteiger partial charge in [-0.1, -0.05) is 13.8 Å². The summed E-state index contributed by atoms with van der Waals surface area (Å²) < 4.78 is 5.68. The van der Waals surface area contributed by atoms with Gasteiger partial charge in [0.2, 0.25) is 5.91 Å². The first kappa shape index (κ1) is 24.4. The van der Waals surface area contributed by atoms with Crippen LogP contribution < -0.4 is 5.73 Å². The van der Waals surface area contributed by atoms with Gasteiger partial charge in [-0.2, -0.15) is 0 Å². The maximum absolute atomic E-state index is 12.5. The highest BCUT2D eigenvalue weighted by Crippen LogP contribution is 2.21. The Kier molecular flexibility index (Phi) is 11.6. The van der Waals surface area contributed by atoms with Crippen LogP contribution in [0.2, 0.25) is 0 Å². The summed E-state index contributed by atoms with van der Waals surface area (Å²) in [5, 5.41) is 0. The quantitative estimate of drug-likeness (QED) is 0.697. The van der Waals surface area contributed by atoms with Crippen molar-refractivity contribution in [3.05, 3.63) is 0 Å². The molecule has 0 saturated carbocycles. The summed E-state index contributed by atoms with van der Waals surface area (Å²) in [6.45, 7) is 9.21. The number of likely N-dealkylation sites (N-methyl/N-ethyl adjacent to an activating group) is 1. The molecule has 2 heterocycles. The highest BCUT2D eigenvalue weighted by Gasteiger charge is 2.34. The third kappa shape index (κ3) is 6.57. The number of hydrogen-bond donors (Lipinski definition) is 1. The van der Waals surface area contributed by atoms with E-state index >= 15 is 0 Å². The smallest absolute Gasteiger partial charge is 0.251 e. The molecule has 0 unspecified atom stereocenters. The SMILES string of the molecule is CCN(CC)CC(=O)N1CCN(C(=O)[C@@H]2CC[C@H](CN)O2)CC1.Cl.Cl. The van der Waals surface area contributed by atoms with E-state index in [0.717, 1.165) is 25.9 Å². The molecule has 0 aromatic heterocycles. The molecule has 0 aliphatic carbocycles. The maximum Gasteiger partial charge on any atom is 0.251 e. The van der Waals surface area contributed by atoms with E-state index in [2.05, 4.69) is 18.7 Å². The van der Waals surface area contributed by atoms with E-state index in [1.54, 1.807) is 0 Å². The Labute approximate surface area is 163 Å². The number of carbonyl (C=O) groups is 2. The molecule has 2 aliphatic heterocycles. The number of amides is 2. The molecule has 9 heteroatoms. The van der Waals surface area contributed by atoms with Gasteiger partial charge in [-0.05, 0) is 25.9 Å². The van der Waals surface area contributed by atoms with Crippen molar-refractivity contribution in [3.63, 3.8) is 0 Å². The number of nitrogens with zero attached hydrogens (tertiary/aromatic N) is 3. The molecule has 2 saturated heterocycles. The number of rotatable bonds is 6. The number of nitrogens with two attached hydrogens (primary N) is 1. The number of halogens is 2. The molecule has 0 bridgehead atoms. The second-order valence-electron chi connectivity index (χ2n) is 6.23. The van der Waals surface area contributed by atoms with Gasteiger partial charge < -0.3 is 20.3 Å². The van der Waals surface area contributed by atoms with E-state index in [4.69, 9.17) is 10.5 Å². The second-order valence-corrected chi connectivity index (χ2v) is 6.23. The van der Waals surface area contributed by atoms with Gasteiger partial charge in [0.05, 0.1) is 12.6 Å². The molecule has 0 radical (unpaired) electrons. The summed E-state index contributed by atoms with van der Waals surface area (Å²) in [4.78, 5) is 30.5. The molecule has 2 aliphatic rings. The highest BCUT2D eigenvalue weighted by molar-refractivity contribution is 5.85. The molecule has 0 aromatic rings. The van der Waals surface area contributed by atoms with Gasteiger partial charge in [-0.25, -0.2) is 0 Å². The average Bonchev–Trinajstić information content (AvgIpc) is 3.08. The van der Waals surface area contributed by atoms with Crippen molar-refractivity contribution >= 4 is 36.6 Å². The van der Waals surface area contributed by atoms with E-state index in [1.165, 1.54) is 0 Å². The van der Waals surface area contributed by atoms with Crippen molar-refractivity contribution < 1.29 is 14.3 Å². The molecule has 2 amide bonds. The second kappa shape index (κ2) is 11.9. The first-order chi connectivity index (χ1) is 11.1. The zero-order chi connectivity index (χ0) is 16.8. The van der Waals surface area contributed by atoms with Crippen LogP contribution in [0.25, 0.3) is 0 Å². The van der Waals surface area contributed by atoms with E-state index in [1.807, 2.05) is 9.80 Å². The van der Waals surface area contributed by atoms with Crippen LogP contribution in [0, 0.1) is 0 Å². The molecule has 25 heavy (non-hydrogen) atoms. The lowest BCUT2D eigenvalue weighted by Crippen LogP contribution is -2.54. The first-order valence-corrected chi connectivity index (χ1v) is 8.73. The Bertz CT molecular complexity index is 416. The van der Waals surface area contributed by atoms with Crippen LogP contribution >= 0.6 is 24.8 Å². The van der Waals surface area contributed by atoms with E-state index in [0.29, 0.717) is 39.3 Å². The topological polar surface area (TPSA) is 79.1 Å². The Hall–Kier alpha value is -0.600. The Morgan fingerprint density at radius 2 is 1.60 bits per heavy atom. The fraction of sp³-hybridized carbons (Fsp3) is 0.875. The van der Waals surface area contributed by atoms with Crippen LogP contribution in [0.15, 0.2) is 0 Å². The third-order valence-electron chi connectivity index (χ3n) is 4.84. The summed E-state index contributed by atoms with van der Waals surface area (Å²) in [6, 6.07) is 0. The van der Waals surface area contributed by atoms with Crippen molar-refractivity contribution in [1.29, 1.82) is 0 Å². The van der Waals surface area contributed by atoms with Crippen LogP contribution in [0.3, 0.4) is 0 Å². The van der Waals surface area contributed by atoms with Gasteiger partial charge in [0.25, 0.3) is 5.91 Å². The minimum absolute atomic E-state index is 0. The fourth-order valence-electron chi connectivity index (χ4n) is 3.18. The fourth-order valence-corrected chi connectivity index (χ4v) is 3.18. The van der Waals surface area contributed by atoms with Gasteiger partial charge in [0, 0.05) is 32.7 Å². The van der Waals surface area contributed by atoms with Gasteiger partial charge in [0.1, 0.15) is 6.10 Å². The summed E-state index contributed by atoms with van der Waals surface area (Å²) >= 11 is 0. The van der Waals surface area contributed by atoms with Crippen molar-refractivity contribution in [3.8, 4) is 0 Å². The van der Waals surface area contributed by atoms with Crippen LogP contribution in [0.1, 0.15) is 26.7 Å². The summed E-state index contributed by atoms with van der Waals surface area (Å²) in [5.41, 5.74) is 5.59. The van der Waals surface area contributed by atoms with Crippen molar-refractivity contribution in [2.45, 2.75) is 38.9 Å². The number of ether oxygens (including phenoxy) is 1. The molecule has 7 nitrogen and oxygen atoms in total. The number of piperazine rings is 1. The van der Waals surface area contributed by atoms with E-state index in [9.17, 15) is 9.59 Å². The highest BCUT2D eigenvalue weighted by atomic mass is 35.5. The number of hydrogen-bond acceptors (Lipinski definition) is 5. The van der Waals surface area contributed by atoms with E-state index < -0.39 is 0 Å². The zero-order valence-corrected chi connectivity index (χ0v) is 16.8. The minimum atomic E-state index is -0.346. The van der Waals surface area contributed by atoms with Crippen LogP contribution in [0.5, 0.6) is 0 Å². The molecule has 2 N–H and O–H groups in total. The van der Waals surface area contributed by atoms with Gasteiger partial charge in [-0.3, -0.25) is 14.5 Å². The lowest BCUT2D eigenvalue weighted by atomic mass is 10.1. The Balaban J connectivity index is 0.00000288. The minimum Gasteiger partial charge on any atom is -0.364 e. The molecule has 0 spiro atoms. The Morgan fingerprint density at radius 3 is 2.08 bits per heavy atom. The van der Waals surface area contributed by atoms with Gasteiger partial charge in [0.15, 0.2) is 0 Å². The lowest BCUT2D eigenvalue weighted by molar-refractivity contribution is -0.147. The average molecular weight is 399 g/mol. The molecular formula is C16H32Cl2N4O3. The van der Waals surface area contributed by atoms with Gasteiger partial charge in [-0.15, -0.1) is 24.8 Å². The molecule has 2 rings (SSSR count). The normalized spacial score (nSPS) is 23.2. The Morgan fingerprint density at radius 1 is 1.04 bits per heavy atom. The standard InChI is InChI=1S/C16H30N4O3.2ClH/c1-3-18(4-2)12-15(21)19-7-9-20(10-8-19)16(22)14-6-5-13(11-17)23-14;;/h13-14H,3-12,17H2,1-2H3;2*1H/t13-,14+;;/m1../s1. The van der Waals surface area contributed by atoms with Crippen molar-refractivity contribution in [2.24, 2.45) is 5.73 Å². The van der Waals surface area contributed by atoms with Crippen molar-refractivity contribution in [2.75, 3.05) is 52.4 Å². The van der Waals surface area contributed by atoms with Crippen LogP contribution in [0.4, 0.5) is 0 Å². The largest absolute Gasteiger partial charge is 0.364 e. The van der Waals surface area contributed by atoms with E-state index in [-0.39, 0.29) is 48.8 Å². The lowest BCUT2D eigenvalue weighted by Gasteiger charge is -2.36. The maximum atomic E-state index is 12.5. The summed E-state index contributed by atoms with van der Waals surface area (Å²) in [7, 11) is 0. The predicted octanol–water partition coefficient (Wildman–Crippen LogP) is 0.349. The molecule has 2 fully saturated rings. The summed E-state index contributed by atoms with van der Waals surface area (Å²) in [5.74, 6) is 0.206. The number of carbonyl (C=O) groups excluding carboxylic acids is 2. The molecule has 2 atom stereocenters. The molecule has 0 aromatic carbocycles. The molecule has 148 valence electrons. The third-order valence-corrected chi connectivity index (χ3v) is 4.84. The van der Waals surface area contributed by atoms with Crippen LogP contribution in [-0.4, -0.2) is 91.1 Å².